The van der Waals surface area contributed by atoms with Gasteiger partial charge in [0.15, 0.2) is 0 Å². The molecule has 17 heavy (non-hydrogen) atoms. The highest BCUT2D eigenvalue weighted by atomic mass is 15.3. The molecule has 0 saturated carbocycles. The Morgan fingerprint density at radius 1 is 1.47 bits per heavy atom. The van der Waals surface area contributed by atoms with E-state index in [1.807, 2.05) is 19.3 Å². The van der Waals surface area contributed by atoms with Crippen LogP contribution in [0.5, 0.6) is 0 Å². The molecule has 5 heteroatoms. The summed E-state index contributed by atoms with van der Waals surface area (Å²) >= 11 is 0. The minimum Gasteiger partial charge on any atom is -0.355 e. The van der Waals surface area contributed by atoms with Gasteiger partial charge in [0, 0.05) is 31.4 Å². The largest absolute Gasteiger partial charge is 0.355 e. The summed E-state index contributed by atoms with van der Waals surface area (Å²) in [5.41, 5.74) is 0. The first kappa shape index (κ1) is 12.1. The van der Waals surface area contributed by atoms with E-state index in [0.29, 0.717) is 18.0 Å². The number of nitrogens with zero attached hydrogens (tertiary/aromatic N) is 3. The standard InChI is InChI=1S/C12H21N5/c1-9(2)15-12-14-6-4-11(16-12)17-7-5-10(8-17)13-3/h4,6,9-10,13H,5,7-8H2,1-3H3,(H,14,15,16)/t10-/m1/s1. The van der Waals surface area contributed by atoms with Crippen molar-refractivity contribution in [1.29, 1.82) is 0 Å². The van der Waals surface area contributed by atoms with E-state index in [4.69, 9.17) is 0 Å². The maximum Gasteiger partial charge on any atom is 0.224 e. The van der Waals surface area contributed by atoms with Crippen molar-refractivity contribution in [3.63, 3.8) is 0 Å². The molecule has 94 valence electrons. The van der Waals surface area contributed by atoms with Crippen molar-refractivity contribution in [1.82, 2.24) is 15.3 Å². The molecule has 2 N–H and O–H groups in total. The van der Waals surface area contributed by atoms with Crippen LogP contribution in [0.4, 0.5) is 11.8 Å². The average Bonchev–Trinajstić information content (AvgIpc) is 2.77. The van der Waals surface area contributed by atoms with E-state index in [2.05, 4.69) is 39.3 Å². The first-order valence-electron chi connectivity index (χ1n) is 6.21. The van der Waals surface area contributed by atoms with E-state index in [9.17, 15) is 0 Å². The predicted molar refractivity (Wildman–Crippen MR) is 70.5 cm³/mol. The van der Waals surface area contributed by atoms with Crippen LogP contribution in [-0.2, 0) is 0 Å². The van der Waals surface area contributed by atoms with Crippen LogP contribution in [0.2, 0.25) is 0 Å². The second-order valence-electron chi connectivity index (χ2n) is 4.76. The first-order valence-corrected chi connectivity index (χ1v) is 6.21. The molecule has 0 unspecified atom stereocenters. The lowest BCUT2D eigenvalue weighted by atomic mass is 10.3. The van der Waals surface area contributed by atoms with Crippen LogP contribution in [0.1, 0.15) is 20.3 Å². The van der Waals surface area contributed by atoms with Crippen LogP contribution in [0.3, 0.4) is 0 Å². The number of likely N-dealkylation sites (N-methyl/N-ethyl adjacent to an activating group) is 1. The molecule has 0 aromatic carbocycles. The van der Waals surface area contributed by atoms with Crippen molar-refractivity contribution in [3.05, 3.63) is 12.3 Å². The van der Waals surface area contributed by atoms with Crippen molar-refractivity contribution in [2.24, 2.45) is 0 Å². The second-order valence-corrected chi connectivity index (χ2v) is 4.76. The van der Waals surface area contributed by atoms with E-state index in [1.54, 1.807) is 0 Å². The number of hydrogen-bond donors (Lipinski definition) is 2. The monoisotopic (exact) mass is 235 g/mol. The highest BCUT2D eigenvalue weighted by molar-refractivity contribution is 5.43. The van der Waals surface area contributed by atoms with E-state index in [1.165, 1.54) is 6.42 Å². The van der Waals surface area contributed by atoms with Gasteiger partial charge >= 0.3 is 0 Å². The number of rotatable bonds is 4. The molecule has 0 amide bonds. The minimum atomic E-state index is 0.355. The summed E-state index contributed by atoms with van der Waals surface area (Å²) in [6.45, 7) is 6.25. The molecule has 1 aliphatic heterocycles. The Morgan fingerprint density at radius 3 is 2.94 bits per heavy atom. The fourth-order valence-corrected chi connectivity index (χ4v) is 2.06. The SMILES string of the molecule is CN[C@@H]1CCN(c2ccnc(NC(C)C)n2)C1. The summed E-state index contributed by atoms with van der Waals surface area (Å²) in [6, 6.07) is 2.91. The Morgan fingerprint density at radius 2 is 2.29 bits per heavy atom. The van der Waals surface area contributed by atoms with Gasteiger partial charge in [-0.25, -0.2) is 4.98 Å². The summed E-state index contributed by atoms with van der Waals surface area (Å²) in [7, 11) is 2.01. The van der Waals surface area contributed by atoms with Gasteiger partial charge in [-0.1, -0.05) is 0 Å². The van der Waals surface area contributed by atoms with Gasteiger partial charge in [-0.2, -0.15) is 4.98 Å². The highest BCUT2D eigenvalue weighted by Crippen LogP contribution is 2.18. The lowest BCUT2D eigenvalue weighted by Crippen LogP contribution is -2.30. The average molecular weight is 235 g/mol. The lowest BCUT2D eigenvalue weighted by molar-refractivity contribution is 0.616. The number of hydrogen-bond acceptors (Lipinski definition) is 5. The molecule has 1 aromatic heterocycles. The molecule has 1 aromatic rings. The normalized spacial score (nSPS) is 20.0. The zero-order valence-electron chi connectivity index (χ0n) is 10.8. The van der Waals surface area contributed by atoms with Crippen LogP contribution >= 0.6 is 0 Å². The van der Waals surface area contributed by atoms with Gasteiger partial charge in [0.05, 0.1) is 0 Å². The summed E-state index contributed by atoms with van der Waals surface area (Å²) < 4.78 is 0. The maximum atomic E-state index is 4.54. The Labute approximate surface area is 103 Å². The van der Waals surface area contributed by atoms with E-state index in [-0.39, 0.29) is 0 Å². The van der Waals surface area contributed by atoms with E-state index < -0.39 is 0 Å². The molecule has 1 atom stereocenters. The van der Waals surface area contributed by atoms with Crippen LogP contribution in [0, 0.1) is 0 Å². The third-order valence-electron chi connectivity index (χ3n) is 2.98. The highest BCUT2D eigenvalue weighted by Gasteiger charge is 2.22. The summed E-state index contributed by atoms with van der Waals surface area (Å²) in [5.74, 6) is 1.73. The number of anilines is 2. The van der Waals surface area contributed by atoms with Crippen molar-refractivity contribution in [2.75, 3.05) is 30.4 Å². The van der Waals surface area contributed by atoms with Gasteiger partial charge in [0.2, 0.25) is 5.95 Å². The second kappa shape index (κ2) is 5.31. The Kier molecular flexibility index (Phi) is 3.78. The molecule has 1 fully saturated rings. The zero-order chi connectivity index (χ0) is 12.3. The topological polar surface area (TPSA) is 53.1 Å². The van der Waals surface area contributed by atoms with Gasteiger partial charge in [0.1, 0.15) is 5.82 Å². The molecular formula is C12H21N5. The molecule has 0 radical (unpaired) electrons. The van der Waals surface area contributed by atoms with Gasteiger partial charge in [0.25, 0.3) is 0 Å². The molecule has 5 nitrogen and oxygen atoms in total. The van der Waals surface area contributed by atoms with Gasteiger partial charge in [-0.15, -0.1) is 0 Å². The van der Waals surface area contributed by atoms with Crippen molar-refractivity contribution >= 4 is 11.8 Å². The fourth-order valence-electron chi connectivity index (χ4n) is 2.06. The number of nitrogens with one attached hydrogen (secondary N) is 2. The smallest absolute Gasteiger partial charge is 0.224 e. The molecule has 0 aliphatic carbocycles. The first-order chi connectivity index (χ1) is 8.19. The molecule has 0 bridgehead atoms. The van der Waals surface area contributed by atoms with Crippen LogP contribution in [-0.4, -0.2) is 42.2 Å². The molecule has 2 heterocycles. The third kappa shape index (κ3) is 3.06. The van der Waals surface area contributed by atoms with Crippen molar-refractivity contribution < 1.29 is 0 Å². The van der Waals surface area contributed by atoms with E-state index >= 15 is 0 Å². The summed E-state index contributed by atoms with van der Waals surface area (Å²) in [4.78, 5) is 11.1. The maximum absolute atomic E-state index is 4.54. The minimum absolute atomic E-state index is 0.355. The Hall–Kier alpha value is -1.36. The van der Waals surface area contributed by atoms with Crippen LogP contribution < -0.4 is 15.5 Å². The quantitative estimate of drug-likeness (QED) is 0.818. The molecule has 1 saturated heterocycles. The molecule has 0 spiro atoms. The van der Waals surface area contributed by atoms with Crippen LogP contribution in [0.25, 0.3) is 0 Å². The van der Waals surface area contributed by atoms with E-state index in [0.717, 1.165) is 18.9 Å². The third-order valence-corrected chi connectivity index (χ3v) is 2.98. The number of aromatic nitrogens is 2. The fraction of sp³-hybridized carbons (Fsp3) is 0.667. The zero-order valence-corrected chi connectivity index (χ0v) is 10.8. The lowest BCUT2D eigenvalue weighted by Gasteiger charge is -2.18. The summed E-state index contributed by atoms with van der Waals surface area (Å²) in [5, 5.41) is 6.54. The van der Waals surface area contributed by atoms with Gasteiger partial charge < -0.3 is 15.5 Å². The van der Waals surface area contributed by atoms with Crippen molar-refractivity contribution in [3.8, 4) is 0 Å². The molecule has 2 rings (SSSR count). The molecular weight excluding hydrogens is 214 g/mol. The van der Waals surface area contributed by atoms with Crippen molar-refractivity contribution in [2.45, 2.75) is 32.4 Å². The Bertz CT molecular complexity index is 366. The van der Waals surface area contributed by atoms with Crippen LogP contribution in [0.15, 0.2) is 12.3 Å². The molecule has 1 aliphatic rings. The Balaban J connectivity index is 2.06. The predicted octanol–water partition coefficient (Wildman–Crippen LogP) is 1.09. The van der Waals surface area contributed by atoms with Gasteiger partial charge in [-0.3, -0.25) is 0 Å². The van der Waals surface area contributed by atoms with Gasteiger partial charge in [-0.05, 0) is 33.4 Å². The summed E-state index contributed by atoms with van der Waals surface area (Å²) in [6.07, 6.45) is 2.99.